The first-order valence-electron chi connectivity index (χ1n) is 5.09. The molecule has 1 heterocycles. The molecule has 2 aromatic rings. The van der Waals surface area contributed by atoms with Gasteiger partial charge < -0.3 is 0 Å². The Morgan fingerprint density at radius 3 is 2.12 bits per heavy atom. The molecule has 1 aromatic carbocycles. The Morgan fingerprint density at radius 2 is 1.56 bits per heavy atom. The molecule has 1 atom stereocenters. The second-order valence-corrected chi connectivity index (χ2v) is 4.46. The van der Waals surface area contributed by atoms with Gasteiger partial charge in [-0.15, -0.1) is 6.58 Å². The van der Waals surface area contributed by atoms with E-state index in [0.29, 0.717) is 0 Å². The summed E-state index contributed by atoms with van der Waals surface area (Å²) in [6.45, 7) is 3.90. The van der Waals surface area contributed by atoms with Crippen LogP contribution in [0.15, 0.2) is 65.9 Å². The molecule has 0 saturated heterocycles. The van der Waals surface area contributed by atoms with Crippen molar-refractivity contribution in [3.63, 3.8) is 0 Å². The average molecular weight is 274 g/mol. The highest BCUT2D eigenvalue weighted by molar-refractivity contribution is 9.10. The molecule has 2 heteroatoms. The van der Waals surface area contributed by atoms with Crippen LogP contribution >= 0.6 is 15.9 Å². The van der Waals surface area contributed by atoms with E-state index in [1.54, 1.807) is 0 Å². The molecule has 1 aromatic heterocycles. The third kappa shape index (κ3) is 2.39. The number of hydrogen-bond acceptors (Lipinski definition) is 1. The minimum Gasteiger partial charge on any atom is -0.265 e. The summed E-state index contributed by atoms with van der Waals surface area (Å²) in [6.07, 6.45) is 5.58. The quantitative estimate of drug-likeness (QED) is 0.766. The van der Waals surface area contributed by atoms with Crippen molar-refractivity contribution in [2.45, 2.75) is 5.92 Å². The zero-order valence-corrected chi connectivity index (χ0v) is 10.4. The average Bonchev–Trinajstić information content (AvgIpc) is 2.34. The minimum atomic E-state index is 0.232. The van der Waals surface area contributed by atoms with Gasteiger partial charge in [-0.05, 0) is 35.4 Å². The summed E-state index contributed by atoms with van der Waals surface area (Å²) in [6, 6.07) is 12.4. The summed E-state index contributed by atoms with van der Waals surface area (Å²) < 4.78 is 1.09. The molecule has 0 aliphatic carbocycles. The number of benzene rings is 1. The van der Waals surface area contributed by atoms with Crippen LogP contribution in [0.4, 0.5) is 0 Å². The van der Waals surface area contributed by atoms with E-state index in [9.17, 15) is 0 Å². The number of hydrogen-bond donors (Lipinski definition) is 0. The summed E-state index contributed by atoms with van der Waals surface area (Å²) in [5, 5.41) is 0. The Kier molecular flexibility index (Phi) is 3.52. The first kappa shape index (κ1) is 11.1. The van der Waals surface area contributed by atoms with Crippen molar-refractivity contribution in [1.82, 2.24) is 4.98 Å². The molecular formula is C14H12BrN. The standard InChI is InChI=1S/C14H12BrN/c1-2-14(12-7-9-16-10-8-12)11-3-5-13(15)6-4-11/h2-10,14H,1H2. The third-order valence-electron chi connectivity index (χ3n) is 2.53. The summed E-state index contributed by atoms with van der Waals surface area (Å²) in [4.78, 5) is 4.03. The molecule has 0 aliphatic rings. The van der Waals surface area contributed by atoms with Gasteiger partial charge in [0, 0.05) is 22.8 Å². The first-order valence-corrected chi connectivity index (χ1v) is 5.88. The number of pyridine rings is 1. The molecule has 0 amide bonds. The van der Waals surface area contributed by atoms with E-state index in [-0.39, 0.29) is 5.92 Å². The predicted molar refractivity (Wildman–Crippen MR) is 70.4 cm³/mol. The lowest BCUT2D eigenvalue weighted by Crippen LogP contribution is -1.97. The number of allylic oxidation sites excluding steroid dienone is 1. The largest absolute Gasteiger partial charge is 0.265 e. The number of aromatic nitrogens is 1. The first-order chi connectivity index (χ1) is 7.81. The van der Waals surface area contributed by atoms with Gasteiger partial charge in [-0.2, -0.15) is 0 Å². The van der Waals surface area contributed by atoms with Crippen molar-refractivity contribution in [1.29, 1.82) is 0 Å². The van der Waals surface area contributed by atoms with Crippen LogP contribution in [0, 0.1) is 0 Å². The van der Waals surface area contributed by atoms with Crippen LogP contribution < -0.4 is 0 Å². The van der Waals surface area contributed by atoms with Gasteiger partial charge in [-0.3, -0.25) is 4.98 Å². The van der Waals surface area contributed by atoms with Crippen molar-refractivity contribution in [2.75, 3.05) is 0 Å². The highest BCUT2D eigenvalue weighted by Gasteiger charge is 2.09. The van der Waals surface area contributed by atoms with E-state index >= 15 is 0 Å². The van der Waals surface area contributed by atoms with Crippen LogP contribution in [-0.2, 0) is 0 Å². The lowest BCUT2D eigenvalue weighted by Gasteiger charge is -2.13. The molecule has 80 valence electrons. The fourth-order valence-corrected chi connectivity index (χ4v) is 1.97. The van der Waals surface area contributed by atoms with Crippen LogP contribution in [0.5, 0.6) is 0 Å². The molecule has 0 radical (unpaired) electrons. The number of nitrogens with zero attached hydrogens (tertiary/aromatic N) is 1. The topological polar surface area (TPSA) is 12.9 Å². The highest BCUT2D eigenvalue weighted by atomic mass is 79.9. The molecule has 2 rings (SSSR count). The zero-order valence-electron chi connectivity index (χ0n) is 8.81. The SMILES string of the molecule is C=CC(c1ccncc1)c1ccc(Br)cc1. The molecule has 1 nitrogen and oxygen atoms in total. The molecule has 1 unspecified atom stereocenters. The summed E-state index contributed by atoms with van der Waals surface area (Å²) in [5.41, 5.74) is 2.46. The van der Waals surface area contributed by atoms with Crippen molar-refractivity contribution < 1.29 is 0 Å². The smallest absolute Gasteiger partial charge is 0.0270 e. The molecule has 16 heavy (non-hydrogen) atoms. The number of rotatable bonds is 3. The van der Waals surface area contributed by atoms with Crippen LogP contribution in [0.2, 0.25) is 0 Å². The van der Waals surface area contributed by atoms with Gasteiger partial charge in [0.2, 0.25) is 0 Å². The maximum atomic E-state index is 4.03. The fourth-order valence-electron chi connectivity index (χ4n) is 1.71. The zero-order chi connectivity index (χ0) is 11.4. The Morgan fingerprint density at radius 1 is 1.00 bits per heavy atom. The van der Waals surface area contributed by atoms with Gasteiger partial charge in [0.05, 0.1) is 0 Å². The Hall–Kier alpha value is -1.41. The van der Waals surface area contributed by atoms with E-state index in [1.165, 1.54) is 11.1 Å². The van der Waals surface area contributed by atoms with Crippen molar-refractivity contribution in [2.24, 2.45) is 0 Å². The summed E-state index contributed by atoms with van der Waals surface area (Å²) in [5.74, 6) is 0.232. The maximum Gasteiger partial charge on any atom is 0.0270 e. The maximum absolute atomic E-state index is 4.03. The van der Waals surface area contributed by atoms with Crippen molar-refractivity contribution in [3.8, 4) is 0 Å². The minimum absolute atomic E-state index is 0.232. The van der Waals surface area contributed by atoms with Gasteiger partial charge in [-0.25, -0.2) is 0 Å². The fraction of sp³-hybridized carbons (Fsp3) is 0.0714. The molecule has 0 spiro atoms. The van der Waals surface area contributed by atoms with Gasteiger partial charge in [0.15, 0.2) is 0 Å². The van der Waals surface area contributed by atoms with Gasteiger partial charge >= 0.3 is 0 Å². The Labute approximate surface area is 104 Å². The van der Waals surface area contributed by atoms with Crippen LogP contribution in [-0.4, -0.2) is 4.98 Å². The molecular weight excluding hydrogens is 262 g/mol. The molecule has 0 aliphatic heterocycles. The third-order valence-corrected chi connectivity index (χ3v) is 3.06. The molecule has 0 bridgehead atoms. The highest BCUT2D eigenvalue weighted by Crippen LogP contribution is 2.26. The van der Waals surface area contributed by atoms with Crippen molar-refractivity contribution >= 4 is 15.9 Å². The Balaban J connectivity index is 2.37. The molecule has 0 N–H and O–H groups in total. The van der Waals surface area contributed by atoms with Crippen LogP contribution in [0.3, 0.4) is 0 Å². The van der Waals surface area contributed by atoms with Gasteiger partial charge in [0.25, 0.3) is 0 Å². The van der Waals surface area contributed by atoms with E-state index in [4.69, 9.17) is 0 Å². The second kappa shape index (κ2) is 5.08. The van der Waals surface area contributed by atoms with E-state index in [0.717, 1.165) is 4.47 Å². The van der Waals surface area contributed by atoms with E-state index in [1.807, 2.05) is 42.7 Å². The second-order valence-electron chi connectivity index (χ2n) is 3.55. The normalized spacial score (nSPS) is 12.1. The molecule has 0 saturated carbocycles. The Bertz CT molecular complexity index is 462. The molecule has 0 fully saturated rings. The van der Waals surface area contributed by atoms with Crippen molar-refractivity contribution in [3.05, 3.63) is 77.0 Å². The number of halogens is 1. The monoisotopic (exact) mass is 273 g/mol. The van der Waals surface area contributed by atoms with Crippen LogP contribution in [0.1, 0.15) is 17.0 Å². The summed E-state index contributed by atoms with van der Waals surface area (Å²) >= 11 is 3.44. The van der Waals surface area contributed by atoms with Gasteiger partial charge in [0.1, 0.15) is 0 Å². The lowest BCUT2D eigenvalue weighted by atomic mass is 9.92. The lowest BCUT2D eigenvalue weighted by molar-refractivity contribution is 1.02. The van der Waals surface area contributed by atoms with E-state index in [2.05, 4.69) is 39.6 Å². The predicted octanol–water partition coefficient (Wildman–Crippen LogP) is 4.16. The van der Waals surface area contributed by atoms with Gasteiger partial charge in [-0.1, -0.05) is 34.1 Å². The van der Waals surface area contributed by atoms with Crippen LogP contribution in [0.25, 0.3) is 0 Å². The van der Waals surface area contributed by atoms with E-state index < -0.39 is 0 Å². The summed E-state index contributed by atoms with van der Waals surface area (Å²) in [7, 11) is 0.